The number of carboxylic acid groups (broad SMARTS) is 1. The van der Waals surface area contributed by atoms with Gasteiger partial charge in [-0.05, 0) is 69.1 Å². The van der Waals surface area contributed by atoms with Gasteiger partial charge in [-0.25, -0.2) is 9.97 Å². The molecular weight excluding hydrogens is 420 g/mol. The molecule has 8 heteroatoms. The Morgan fingerprint density at radius 3 is 2.55 bits per heavy atom. The second-order valence-corrected chi connectivity index (χ2v) is 8.76. The molecule has 1 aliphatic carbocycles. The van der Waals surface area contributed by atoms with E-state index in [1.807, 2.05) is 6.92 Å². The molecule has 178 valence electrons. The van der Waals surface area contributed by atoms with Gasteiger partial charge in [-0.3, -0.25) is 4.79 Å². The van der Waals surface area contributed by atoms with E-state index < -0.39 is 5.97 Å². The van der Waals surface area contributed by atoms with Crippen LogP contribution in [0, 0.1) is 5.92 Å². The monoisotopic (exact) mass is 454 g/mol. The van der Waals surface area contributed by atoms with Crippen LogP contribution < -0.4 is 15.0 Å². The summed E-state index contributed by atoms with van der Waals surface area (Å²) in [5.74, 6) is -0.263. The van der Waals surface area contributed by atoms with Gasteiger partial charge in [0.15, 0.2) is 0 Å². The summed E-state index contributed by atoms with van der Waals surface area (Å²) >= 11 is 0. The summed E-state index contributed by atoms with van der Waals surface area (Å²) in [6, 6.07) is 7.14. The number of hydrogen-bond acceptors (Lipinski definition) is 7. The number of nitrogens with one attached hydrogen (secondary N) is 1. The van der Waals surface area contributed by atoms with Crippen molar-refractivity contribution in [2.24, 2.45) is 5.92 Å². The molecule has 0 amide bonds. The number of aliphatic carboxylic acids is 1. The summed E-state index contributed by atoms with van der Waals surface area (Å²) in [5, 5.41) is 13.0. The van der Waals surface area contributed by atoms with Gasteiger partial charge >= 0.3 is 12.0 Å². The first-order valence-electron chi connectivity index (χ1n) is 12.0. The van der Waals surface area contributed by atoms with Gasteiger partial charge in [0, 0.05) is 25.8 Å². The summed E-state index contributed by atoms with van der Waals surface area (Å²) in [6.45, 7) is 7.01. The first kappa shape index (κ1) is 23.3. The molecule has 2 aromatic rings. The third-order valence-electron chi connectivity index (χ3n) is 6.50. The van der Waals surface area contributed by atoms with Gasteiger partial charge in [0.1, 0.15) is 0 Å². The van der Waals surface area contributed by atoms with Crippen LogP contribution in [0.4, 0.5) is 17.1 Å². The highest BCUT2D eigenvalue weighted by atomic mass is 16.5. The van der Waals surface area contributed by atoms with Crippen molar-refractivity contribution in [3.63, 3.8) is 0 Å². The van der Waals surface area contributed by atoms with E-state index in [2.05, 4.69) is 45.3 Å². The Morgan fingerprint density at radius 1 is 1.21 bits per heavy atom. The van der Waals surface area contributed by atoms with Crippen molar-refractivity contribution >= 4 is 23.0 Å². The van der Waals surface area contributed by atoms with E-state index in [1.54, 1.807) is 12.4 Å². The molecule has 2 heterocycles. The van der Waals surface area contributed by atoms with E-state index in [0.29, 0.717) is 24.6 Å². The van der Waals surface area contributed by atoms with Gasteiger partial charge in [-0.2, -0.15) is 0 Å². The number of aromatic nitrogens is 2. The lowest BCUT2D eigenvalue weighted by Crippen LogP contribution is -2.39. The fraction of sp³-hybridized carbons (Fsp3) is 0.560. The van der Waals surface area contributed by atoms with E-state index in [-0.39, 0.29) is 12.3 Å². The number of anilines is 3. The zero-order chi connectivity index (χ0) is 23.2. The molecule has 1 aliphatic heterocycles. The predicted molar refractivity (Wildman–Crippen MR) is 128 cm³/mol. The molecule has 8 nitrogen and oxygen atoms in total. The Morgan fingerprint density at radius 2 is 1.94 bits per heavy atom. The standard InChI is InChI=1S/C25H34N4O4/c1-3-29(20-9-11-32-12-10-20)23-8-7-18(21(14-24(30)31)17-5-6-17)13-22(23)28-19-15-26-25(27-16-19)33-4-2/h7-8,13,15-17,20-21,28H,3-6,9-12,14H2,1-2H3,(H,30,31). The minimum Gasteiger partial charge on any atom is -0.481 e. The number of ether oxygens (including phenoxy) is 2. The molecule has 0 spiro atoms. The molecule has 1 aromatic carbocycles. The summed E-state index contributed by atoms with van der Waals surface area (Å²) in [5.41, 5.74) is 3.89. The van der Waals surface area contributed by atoms with Gasteiger partial charge in [0.25, 0.3) is 0 Å². The van der Waals surface area contributed by atoms with Crippen LogP contribution in [0.2, 0.25) is 0 Å². The van der Waals surface area contributed by atoms with Crippen molar-refractivity contribution in [3.05, 3.63) is 36.2 Å². The van der Waals surface area contributed by atoms with Gasteiger partial charge < -0.3 is 24.8 Å². The van der Waals surface area contributed by atoms with E-state index in [0.717, 1.165) is 68.1 Å². The maximum absolute atomic E-state index is 11.5. The number of carboxylic acids is 1. The highest BCUT2D eigenvalue weighted by Gasteiger charge is 2.34. The lowest BCUT2D eigenvalue weighted by Gasteiger charge is -2.37. The molecule has 1 saturated carbocycles. The molecule has 1 unspecified atom stereocenters. The number of nitrogens with zero attached hydrogens (tertiary/aromatic N) is 3. The average Bonchev–Trinajstić information content (AvgIpc) is 3.66. The molecule has 33 heavy (non-hydrogen) atoms. The van der Waals surface area contributed by atoms with Crippen LogP contribution >= 0.6 is 0 Å². The first-order chi connectivity index (χ1) is 16.1. The van der Waals surface area contributed by atoms with Crippen LogP contribution in [0.5, 0.6) is 6.01 Å². The second-order valence-electron chi connectivity index (χ2n) is 8.76. The average molecular weight is 455 g/mol. The quantitative estimate of drug-likeness (QED) is 0.509. The van der Waals surface area contributed by atoms with Crippen molar-refractivity contribution in [1.29, 1.82) is 0 Å². The highest BCUT2D eigenvalue weighted by Crippen LogP contribution is 2.46. The van der Waals surface area contributed by atoms with Crippen LogP contribution in [0.15, 0.2) is 30.6 Å². The number of carbonyl (C=O) groups is 1. The van der Waals surface area contributed by atoms with Crippen LogP contribution in [0.1, 0.15) is 57.4 Å². The fourth-order valence-electron chi connectivity index (χ4n) is 4.74. The van der Waals surface area contributed by atoms with E-state index in [9.17, 15) is 9.90 Å². The Balaban J connectivity index is 1.67. The van der Waals surface area contributed by atoms with Crippen LogP contribution in [-0.4, -0.2) is 53.5 Å². The fourth-order valence-corrected chi connectivity index (χ4v) is 4.74. The van der Waals surface area contributed by atoms with Crippen molar-refractivity contribution < 1.29 is 19.4 Å². The summed E-state index contributed by atoms with van der Waals surface area (Å²) in [7, 11) is 0. The van der Waals surface area contributed by atoms with Crippen LogP contribution in [-0.2, 0) is 9.53 Å². The third kappa shape index (κ3) is 5.93. The lowest BCUT2D eigenvalue weighted by molar-refractivity contribution is -0.137. The first-order valence-corrected chi connectivity index (χ1v) is 12.0. The van der Waals surface area contributed by atoms with Crippen LogP contribution in [0.3, 0.4) is 0 Å². The minimum absolute atomic E-state index is 0.0341. The van der Waals surface area contributed by atoms with Crippen molar-refractivity contribution in [2.45, 2.75) is 57.9 Å². The van der Waals surface area contributed by atoms with Gasteiger partial charge in [0.05, 0.1) is 42.5 Å². The molecule has 1 saturated heterocycles. The number of hydrogen-bond donors (Lipinski definition) is 2. The molecule has 0 bridgehead atoms. The Labute approximate surface area is 195 Å². The topological polar surface area (TPSA) is 96.8 Å². The van der Waals surface area contributed by atoms with Gasteiger partial charge in [-0.1, -0.05) is 6.07 Å². The molecule has 2 N–H and O–H groups in total. The van der Waals surface area contributed by atoms with Gasteiger partial charge in [-0.15, -0.1) is 0 Å². The summed E-state index contributed by atoms with van der Waals surface area (Å²) in [4.78, 5) is 22.5. The molecule has 1 aromatic heterocycles. The molecule has 2 fully saturated rings. The third-order valence-corrected chi connectivity index (χ3v) is 6.50. The van der Waals surface area contributed by atoms with E-state index >= 15 is 0 Å². The SMILES string of the molecule is CCOc1ncc(Nc2cc(C(CC(=O)O)C3CC3)ccc2N(CC)C2CCOCC2)cn1. The molecular formula is C25H34N4O4. The highest BCUT2D eigenvalue weighted by molar-refractivity contribution is 5.77. The molecule has 2 aliphatic rings. The Hall–Kier alpha value is -2.87. The zero-order valence-corrected chi connectivity index (χ0v) is 19.5. The van der Waals surface area contributed by atoms with Crippen LogP contribution in [0.25, 0.3) is 0 Å². The maximum Gasteiger partial charge on any atom is 0.316 e. The molecule has 4 rings (SSSR count). The van der Waals surface area contributed by atoms with E-state index in [1.165, 1.54) is 0 Å². The minimum atomic E-state index is -0.747. The zero-order valence-electron chi connectivity index (χ0n) is 19.5. The largest absolute Gasteiger partial charge is 0.481 e. The van der Waals surface area contributed by atoms with Crippen molar-refractivity contribution in [3.8, 4) is 6.01 Å². The Bertz CT molecular complexity index is 927. The normalized spacial score (nSPS) is 17.4. The Kier molecular flexibility index (Phi) is 7.65. The number of benzene rings is 1. The van der Waals surface area contributed by atoms with Crippen molar-refractivity contribution in [2.75, 3.05) is 36.6 Å². The van der Waals surface area contributed by atoms with Gasteiger partial charge in [0.2, 0.25) is 0 Å². The van der Waals surface area contributed by atoms with Crippen molar-refractivity contribution in [1.82, 2.24) is 9.97 Å². The summed E-state index contributed by atoms with van der Waals surface area (Å²) in [6.07, 6.45) is 7.77. The predicted octanol–water partition coefficient (Wildman–Crippen LogP) is 4.59. The molecule has 1 atom stereocenters. The lowest BCUT2D eigenvalue weighted by atomic mass is 9.90. The second kappa shape index (κ2) is 10.8. The smallest absolute Gasteiger partial charge is 0.316 e. The van der Waals surface area contributed by atoms with E-state index in [4.69, 9.17) is 9.47 Å². The molecule has 0 radical (unpaired) electrons. The maximum atomic E-state index is 11.5. The number of rotatable bonds is 11. The summed E-state index contributed by atoms with van der Waals surface area (Å²) < 4.78 is 10.9.